The van der Waals surface area contributed by atoms with Crippen LogP contribution in [0.25, 0.3) is 0 Å². The van der Waals surface area contributed by atoms with Gasteiger partial charge in [0.15, 0.2) is 0 Å². The summed E-state index contributed by atoms with van der Waals surface area (Å²) < 4.78 is 4.76. The third-order valence-electron chi connectivity index (χ3n) is 2.49. The molecule has 4 N–H and O–H groups in total. The highest BCUT2D eigenvalue weighted by molar-refractivity contribution is 5.66. The van der Waals surface area contributed by atoms with E-state index in [0.29, 0.717) is 26.2 Å². The van der Waals surface area contributed by atoms with E-state index in [1.54, 1.807) is 0 Å². The molecular weight excluding hydrogens is 246 g/mol. The number of carboxylic acid groups (broad SMARTS) is 1. The predicted octanol–water partition coefficient (Wildman–Crippen LogP) is 2.17. The Kier molecular flexibility index (Phi) is 21.4. The maximum Gasteiger partial charge on any atom is 0.303 e. The summed E-state index contributed by atoms with van der Waals surface area (Å²) in [5.41, 5.74) is 5.06. The molecule has 0 unspecified atom stereocenters. The number of hydrogen-bond donors (Lipinski definition) is 3. The minimum atomic E-state index is -0.663. The molecule has 0 amide bonds. The molecule has 19 heavy (non-hydrogen) atoms. The van der Waals surface area contributed by atoms with Gasteiger partial charge in [-0.15, -0.1) is 0 Å². The van der Waals surface area contributed by atoms with Gasteiger partial charge in [-0.2, -0.15) is 0 Å². The van der Waals surface area contributed by atoms with Crippen LogP contribution in [0.15, 0.2) is 0 Å². The summed E-state index contributed by atoms with van der Waals surface area (Å²) in [6, 6.07) is 0. The van der Waals surface area contributed by atoms with Gasteiger partial charge in [-0.1, -0.05) is 45.4 Å². The van der Waals surface area contributed by atoms with Crippen LogP contribution in [0.3, 0.4) is 0 Å². The van der Waals surface area contributed by atoms with Crippen molar-refractivity contribution in [1.29, 1.82) is 0 Å². The number of nitrogens with two attached hydrogens (primary N) is 1. The summed E-state index contributed by atoms with van der Waals surface area (Å²) in [7, 11) is 0. The average molecular weight is 277 g/mol. The summed E-state index contributed by atoms with van der Waals surface area (Å²) in [4.78, 5) is 10.1. The van der Waals surface area contributed by atoms with Crippen molar-refractivity contribution in [2.75, 3.05) is 26.4 Å². The molecule has 0 aliphatic carbocycles. The maximum atomic E-state index is 10.1. The van der Waals surface area contributed by atoms with E-state index >= 15 is 0 Å². The number of unbranched alkanes of at least 4 members (excludes halogenated alkanes) is 6. The lowest BCUT2D eigenvalue weighted by Gasteiger charge is -1.98. The van der Waals surface area contributed by atoms with Gasteiger partial charge in [0.1, 0.15) is 0 Å². The van der Waals surface area contributed by atoms with Crippen molar-refractivity contribution in [3.8, 4) is 0 Å². The quantitative estimate of drug-likeness (QED) is 0.475. The SMILES string of the molecule is CCCCCCCCCC(=O)O.NCCOCCO. The van der Waals surface area contributed by atoms with E-state index in [-0.39, 0.29) is 6.61 Å². The Morgan fingerprint density at radius 1 is 1.05 bits per heavy atom. The highest BCUT2D eigenvalue weighted by Gasteiger charge is 1.95. The first-order chi connectivity index (χ1) is 9.18. The third-order valence-corrected chi connectivity index (χ3v) is 2.49. The van der Waals surface area contributed by atoms with E-state index < -0.39 is 5.97 Å². The van der Waals surface area contributed by atoms with Gasteiger partial charge in [0.2, 0.25) is 0 Å². The molecule has 0 atom stereocenters. The second kappa shape index (κ2) is 19.7. The van der Waals surface area contributed by atoms with Gasteiger partial charge in [-0.3, -0.25) is 4.79 Å². The Bertz CT molecular complexity index is 173. The molecule has 0 fully saturated rings. The van der Waals surface area contributed by atoms with E-state index in [2.05, 4.69) is 6.92 Å². The lowest BCUT2D eigenvalue weighted by molar-refractivity contribution is -0.137. The van der Waals surface area contributed by atoms with E-state index in [4.69, 9.17) is 20.7 Å². The van der Waals surface area contributed by atoms with Crippen LogP contribution >= 0.6 is 0 Å². The first-order valence-corrected chi connectivity index (χ1v) is 7.29. The van der Waals surface area contributed by atoms with Crippen molar-refractivity contribution >= 4 is 5.97 Å². The van der Waals surface area contributed by atoms with Crippen molar-refractivity contribution in [3.63, 3.8) is 0 Å². The van der Waals surface area contributed by atoms with Gasteiger partial charge in [0.25, 0.3) is 0 Å². The fraction of sp³-hybridized carbons (Fsp3) is 0.929. The molecule has 0 aromatic rings. The molecule has 0 aromatic heterocycles. The molecular formula is C14H31NO4. The Morgan fingerprint density at radius 2 is 1.63 bits per heavy atom. The minimum absolute atomic E-state index is 0.0833. The number of hydrogen-bond acceptors (Lipinski definition) is 4. The van der Waals surface area contributed by atoms with Crippen LogP contribution in [0.1, 0.15) is 58.3 Å². The molecule has 0 aromatic carbocycles. The minimum Gasteiger partial charge on any atom is -0.481 e. The monoisotopic (exact) mass is 277 g/mol. The summed E-state index contributed by atoms with van der Waals surface area (Å²) in [5.74, 6) is -0.663. The van der Waals surface area contributed by atoms with E-state index in [0.717, 1.165) is 12.8 Å². The largest absolute Gasteiger partial charge is 0.481 e. The van der Waals surface area contributed by atoms with Crippen molar-refractivity contribution in [3.05, 3.63) is 0 Å². The number of aliphatic carboxylic acids is 1. The van der Waals surface area contributed by atoms with Gasteiger partial charge in [-0.25, -0.2) is 0 Å². The summed E-state index contributed by atoms with van der Waals surface area (Å²) in [6.45, 7) is 3.75. The molecule has 0 aliphatic rings. The maximum absolute atomic E-state index is 10.1. The van der Waals surface area contributed by atoms with Crippen molar-refractivity contribution in [2.45, 2.75) is 58.3 Å². The summed E-state index contributed by atoms with van der Waals surface area (Å²) in [6.07, 6.45) is 8.64. The topological polar surface area (TPSA) is 92.8 Å². The molecule has 0 saturated heterocycles. The van der Waals surface area contributed by atoms with Crippen LogP contribution in [-0.2, 0) is 9.53 Å². The van der Waals surface area contributed by atoms with Crippen LogP contribution in [-0.4, -0.2) is 42.5 Å². The first-order valence-electron chi connectivity index (χ1n) is 7.29. The summed E-state index contributed by atoms with van der Waals surface area (Å²) in [5, 5.41) is 16.5. The number of aliphatic hydroxyl groups excluding tert-OH is 1. The lowest BCUT2D eigenvalue weighted by Crippen LogP contribution is -2.10. The van der Waals surface area contributed by atoms with Gasteiger partial charge in [0.05, 0.1) is 19.8 Å². The van der Waals surface area contributed by atoms with Crippen molar-refractivity contribution in [2.24, 2.45) is 5.73 Å². The van der Waals surface area contributed by atoms with Crippen molar-refractivity contribution in [1.82, 2.24) is 0 Å². The molecule has 0 heterocycles. The Labute approximate surface area is 117 Å². The average Bonchev–Trinajstić information content (AvgIpc) is 2.39. The van der Waals surface area contributed by atoms with E-state index in [1.165, 1.54) is 32.1 Å². The standard InChI is InChI=1S/C10H20O2.C4H11NO2/c1-2-3-4-5-6-7-8-9-10(11)12;5-1-3-7-4-2-6/h2-9H2,1H3,(H,11,12);6H,1-5H2. The van der Waals surface area contributed by atoms with Crippen LogP contribution in [0.2, 0.25) is 0 Å². The van der Waals surface area contributed by atoms with Gasteiger partial charge < -0.3 is 20.7 Å². The zero-order chi connectivity index (χ0) is 14.8. The second-order valence-corrected chi connectivity index (χ2v) is 4.39. The van der Waals surface area contributed by atoms with E-state index in [9.17, 15) is 4.79 Å². The third kappa shape index (κ3) is 26.8. The molecule has 0 radical (unpaired) electrons. The normalized spacial score (nSPS) is 9.84. The fourth-order valence-electron chi connectivity index (χ4n) is 1.48. The number of rotatable bonds is 12. The van der Waals surface area contributed by atoms with Gasteiger partial charge in [0, 0.05) is 13.0 Å². The van der Waals surface area contributed by atoms with Crippen LogP contribution in [0, 0.1) is 0 Å². The molecule has 0 rings (SSSR count). The number of ether oxygens (including phenoxy) is 1. The molecule has 0 saturated carbocycles. The Hall–Kier alpha value is -0.650. The number of carboxylic acids is 1. The molecule has 0 aliphatic heterocycles. The molecule has 5 heteroatoms. The van der Waals surface area contributed by atoms with Crippen molar-refractivity contribution < 1.29 is 19.7 Å². The molecule has 0 spiro atoms. The lowest BCUT2D eigenvalue weighted by atomic mass is 10.1. The van der Waals surface area contributed by atoms with Crippen LogP contribution in [0.5, 0.6) is 0 Å². The molecule has 116 valence electrons. The van der Waals surface area contributed by atoms with Gasteiger partial charge in [-0.05, 0) is 6.42 Å². The van der Waals surface area contributed by atoms with Crippen LogP contribution < -0.4 is 5.73 Å². The van der Waals surface area contributed by atoms with Crippen LogP contribution in [0.4, 0.5) is 0 Å². The number of aliphatic hydroxyl groups is 1. The Balaban J connectivity index is 0. The predicted molar refractivity (Wildman–Crippen MR) is 77.2 cm³/mol. The number of carbonyl (C=O) groups is 1. The first kappa shape index (κ1) is 20.7. The van der Waals surface area contributed by atoms with Gasteiger partial charge >= 0.3 is 5.97 Å². The highest BCUT2D eigenvalue weighted by atomic mass is 16.5. The molecule has 0 bridgehead atoms. The zero-order valence-electron chi connectivity index (χ0n) is 12.3. The molecule has 5 nitrogen and oxygen atoms in total. The highest BCUT2D eigenvalue weighted by Crippen LogP contribution is 2.07. The smallest absolute Gasteiger partial charge is 0.303 e. The zero-order valence-corrected chi connectivity index (χ0v) is 12.3. The summed E-state index contributed by atoms with van der Waals surface area (Å²) >= 11 is 0. The van der Waals surface area contributed by atoms with E-state index in [1.807, 2.05) is 0 Å². The Morgan fingerprint density at radius 3 is 2.11 bits per heavy atom. The second-order valence-electron chi connectivity index (χ2n) is 4.39. The fourth-order valence-corrected chi connectivity index (χ4v) is 1.48.